The van der Waals surface area contributed by atoms with E-state index in [1.54, 1.807) is 0 Å². The van der Waals surface area contributed by atoms with Crippen molar-refractivity contribution in [1.82, 2.24) is 4.90 Å². The van der Waals surface area contributed by atoms with Crippen LogP contribution in [0.2, 0.25) is 0 Å². The zero-order valence-electron chi connectivity index (χ0n) is 11.4. The van der Waals surface area contributed by atoms with Crippen LogP contribution >= 0.6 is 0 Å². The molecule has 0 aromatic rings. The van der Waals surface area contributed by atoms with Gasteiger partial charge in [0.25, 0.3) is 0 Å². The first-order valence-corrected chi connectivity index (χ1v) is 7.58. The van der Waals surface area contributed by atoms with Crippen LogP contribution in [-0.2, 0) is 4.79 Å². The minimum absolute atomic E-state index is 0.109. The smallest absolute Gasteiger partial charge is 0.228 e. The summed E-state index contributed by atoms with van der Waals surface area (Å²) in [6.07, 6.45) is 7.68. The largest absolute Gasteiger partial charge is 0.393 e. The lowest BCUT2D eigenvalue weighted by Crippen LogP contribution is -2.43. The summed E-state index contributed by atoms with van der Waals surface area (Å²) in [5, 5.41) is 9.94. The predicted molar refractivity (Wildman–Crippen MR) is 70.0 cm³/mol. The van der Waals surface area contributed by atoms with Gasteiger partial charge in [0, 0.05) is 24.4 Å². The van der Waals surface area contributed by atoms with Gasteiger partial charge in [-0.3, -0.25) is 4.79 Å². The first-order valence-electron chi connectivity index (χ1n) is 7.58. The molecule has 1 N–H and O–H groups in total. The zero-order chi connectivity index (χ0) is 12.8. The first kappa shape index (κ1) is 12.5. The van der Waals surface area contributed by atoms with E-state index in [1.165, 1.54) is 19.3 Å². The molecule has 0 aromatic carbocycles. The van der Waals surface area contributed by atoms with E-state index in [0.717, 1.165) is 38.8 Å². The molecule has 1 amide bonds. The minimum Gasteiger partial charge on any atom is -0.393 e. The van der Waals surface area contributed by atoms with Crippen molar-refractivity contribution in [2.45, 2.75) is 58.0 Å². The van der Waals surface area contributed by atoms with Crippen LogP contribution in [0.1, 0.15) is 51.9 Å². The van der Waals surface area contributed by atoms with Gasteiger partial charge >= 0.3 is 0 Å². The average molecular weight is 251 g/mol. The Hall–Kier alpha value is -0.570. The van der Waals surface area contributed by atoms with Gasteiger partial charge in [0.1, 0.15) is 0 Å². The Morgan fingerprint density at radius 1 is 1.17 bits per heavy atom. The molecular weight excluding hydrogens is 226 g/mol. The van der Waals surface area contributed by atoms with Crippen LogP contribution in [0.5, 0.6) is 0 Å². The molecule has 3 aliphatic rings. The second-order valence-corrected chi connectivity index (χ2v) is 6.90. The van der Waals surface area contributed by atoms with Gasteiger partial charge in [-0.1, -0.05) is 26.2 Å². The van der Waals surface area contributed by atoms with E-state index in [0.29, 0.717) is 17.7 Å². The summed E-state index contributed by atoms with van der Waals surface area (Å²) in [4.78, 5) is 14.8. The fourth-order valence-corrected chi connectivity index (χ4v) is 4.33. The maximum Gasteiger partial charge on any atom is 0.228 e. The van der Waals surface area contributed by atoms with Crippen molar-refractivity contribution >= 4 is 5.91 Å². The van der Waals surface area contributed by atoms with Gasteiger partial charge in [-0.05, 0) is 31.6 Å². The van der Waals surface area contributed by atoms with E-state index in [9.17, 15) is 9.90 Å². The molecule has 1 heterocycles. The zero-order valence-corrected chi connectivity index (χ0v) is 11.4. The summed E-state index contributed by atoms with van der Waals surface area (Å²) < 4.78 is 0. The first-order chi connectivity index (χ1) is 8.60. The normalized spacial score (nSPS) is 38.8. The number of fused-ring (bicyclic) bond motifs is 1. The van der Waals surface area contributed by atoms with E-state index < -0.39 is 0 Å². The lowest BCUT2D eigenvalue weighted by molar-refractivity contribution is -0.142. The van der Waals surface area contributed by atoms with Crippen molar-refractivity contribution in [2.75, 3.05) is 13.1 Å². The summed E-state index contributed by atoms with van der Waals surface area (Å²) in [6, 6.07) is 0. The highest BCUT2D eigenvalue weighted by atomic mass is 16.3. The van der Waals surface area contributed by atoms with Crippen molar-refractivity contribution < 1.29 is 9.90 Å². The van der Waals surface area contributed by atoms with Gasteiger partial charge in [-0.25, -0.2) is 0 Å². The molecule has 3 heteroatoms. The van der Waals surface area contributed by atoms with Gasteiger partial charge in [-0.15, -0.1) is 0 Å². The molecule has 102 valence electrons. The van der Waals surface area contributed by atoms with Crippen LogP contribution in [0.3, 0.4) is 0 Å². The molecule has 2 aliphatic carbocycles. The van der Waals surface area contributed by atoms with E-state index >= 15 is 0 Å². The van der Waals surface area contributed by atoms with Crippen molar-refractivity contribution in [3.8, 4) is 0 Å². The van der Waals surface area contributed by atoms with Crippen LogP contribution in [0.15, 0.2) is 0 Å². The average Bonchev–Trinajstić information content (AvgIpc) is 2.92. The number of aliphatic hydroxyl groups excluding tert-OH is 1. The number of hydrogen-bond acceptors (Lipinski definition) is 2. The predicted octanol–water partition coefficient (Wildman–Crippen LogP) is 2.19. The number of nitrogens with zero attached hydrogens (tertiary/aromatic N) is 1. The molecule has 2 saturated carbocycles. The van der Waals surface area contributed by atoms with Crippen LogP contribution < -0.4 is 0 Å². The molecule has 0 radical (unpaired) electrons. The molecular formula is C15H25NO2. The molecule has 0 aromatic heterocycles. The maximum absolute atomic E-state index is 12.7. The van der Waals surface area contributed by atoms with Gasteiger partial charge in [-0.2, -0.15) is 0 Å². The summed E-state index contributed by atoms with van der Waals surface area (Å²) in [7, 11) is 0. The Morgan fingerprint density at radius 2 is 1.89 bits per heavy atom. The number of amides is 1. The third kappa shape index (κ3) is 1.97. The van der Waals surface area contributed by atoms with Crippen LogP contribution in [-0.4, -0.2) is 35.1 Å². The summed E-state index contributed by atoms with van der Waals surface area (Å²) in [6.45, 7) is 3.86. The number of hydrogen-bond donors (Lipinski definition) is 1. The molecule has 3 nitrogen and oxygen atoms in total. The van der Waals surface area contributed by atoms with Crippen molar-refractivity contribution in [1.29, 1.82) is 0 Å². The number of carbonyl (C=O) groups is 1. The molecule has 3 rings (SSSR count). The van der Waals surface area contributed by atoms with Gasteiger partial charge in [0.05, 0.1) is 6.10 Å². The number of aliphatic hydroxyl groups is 1. The second-order valence-electron chi connectivity index (χ2n) is 6.90. The van der Waals surface area contributed by atoms with Crippen LogP contribution in [0, 0.1) is 17.3 Å². The maximum atomic E-state index is 12.7. The standard InChI is InChI=1S/C15H25NO2/c1-15(7-3-2-4-8-15)14(18)16-9-11-5-6-13(17)12(11)10-16/h11-13,17H,2-10H2,1H3. The molecule has 3 fully saturated rings. The Morgan fingerprint density at radius 3 is 2.56 bits per heavy atom. The Labute approximate surface area is 110 Å². The van der Waals surface area contributed by atoms with Gasteiger partial charge in [0.2, 0.25) is 5.91 Å². The molecule has 0 spiro atoms. The number of carbonyl (C=O) groups excluding carboxylic acids is 1. The van der Waals surface area contributed by atoms with Crippen LogP contribution in [0.25, 0.3) is 0 Å². The number of likely N-dealkylation sites (tertiary alicyclic amines) is 1. The fraction of sp³-hybridized carbons (Fsp3) is 0.933. The lowest BCUT2D eigenvalue weighted by Gasteiger charge is -2.36. The van der Waals surface area contributed by atoms with Gasteiger partial charge in [0.15, 0.2) is 0 Å². The van der Waals surface area contributed by atoms with Crippen molar-refractivity contribution in [3.05, 3.63) is 0 Å². The number of rotatable bonds is 1. The Balaban J connectivity index is 1.67. The SMILES string of the molecule is CC1(C(=O)N2CC3CCC(O)C3C2)CCCCC1. The topological polar surface area (TPSA) is 40.5 Å². The lowest BCUT2D eigenvalue weighted by atomic mass is 9.74. The van der Waals surface area contributed by atoms with E-state index in [4.69, 9.17) is 0 Å². The Bertz CT molecular complexity index is 335. The van der Waals surface area contributed by atoms with Crippen molar-refractivity contribution in [2.24, 2.45) is 17.3 Å². The summed E-state index contributed by atoms with van der Waals surface area (Å²) in [5.41, 5.74) is -0.109. The summed E-state index contributed by atoms with van der Waals surface area (Å²) >= 11 is 0. The molecule has 1 aliphatic heterocycles. The van der Waals surface area contributed by atoms with E-state index in [2.05, 4.69) is 11.8 Å². The van der Waals surface area contributed by atoms with Gasteiger partial charge < -0.3 is 10.0 Å². The third-order valence-corrected chi connectivity index (χ3v) is 5.58. The molecule has 0 bridgehead atoms. The third-order valence-electron chi connectivity index (χ3n) is 5.58. The minimum atomic E-state index is -0.160. The highest BCUT2D eigenvalue weighted by Crippen LogP contribution is 2.42. The molecule has 3 atom stereocenters. The Kier molecular flexibility index (Phi) is 3.13. The quantitative estimate of drug-likeness (QED) is 0.776. The fourth-order valence-electron chi connectivity index (χ4n) is 4.33. The van der Waals surface area contributed by atoms with E-state index in [1.807, 2.05) is 0 Å². The molecule has 1 saturated heterocycles. The summed E-state index contributed by atoms with van der Waals surface area (Å²) in [5.74, 6) is 1.29. The van der Waals surface area contributed by atoms with Crippen molar-refractivity contribution in [3.63, 3.8) is 0 Å². The molecule has 18 heavy (non-hydrogen) atoms. The molecule has 3 unspecified atom stereocenters. The van der Waals surface area contributed by atoms with Crippen LogP contribution in [0.4, 0.5) is 0 Å². The second kappa shape index (κ2) is 4.52. The van der Waals surface area contributed by atoms with E-state index in [-0.39, 0.29) is 11.5 Å². The highest BCUT2D eigenvalue weighted by molar-refractivity contribution is 5.82. The monoisotopic (exact) mass is 251 g/mol. The highest BCUT2D eigenvalue weighted by Gasteiger charge is 2.46.